The summed E-state index contributed by atoms with van der Waals surface area (Å²) in [7, 11) is 1.66. The highest BCUT2D eigenvalue weighted by Gasteiger charge is 2.37. The van der Waals surface area contributed by atoms with Gasteiger partial charge in [-0.25, -0.2) is 0 Å². The minimum Gasteiger partial charge on any atom is -0.496 e. The normalized spacial score (nSPS) is 22.6. The van der Waals surface area contributed by atoms with E-state index in [9.17, 15) is 4.79 Å². The number of ether oxygens (including phenoxy) is 1. The van der Waals surface area contributed by atoms with Crippen LogP contribution in [0.1, 0.15) is 37.3 Å². The first kappa shape index (κ1) is 15.0. The molecule has 0 spiro atoms. The monoisotopic (exact) mass is 275 g/mol. The van der Waals surface area contributed by atoms with E-state index in [1.807, 2.05) is 19.1 Å². The van der Waals surface area contributed by atoms with Crippen molar-refractivity contribution in [1.29, 1.82) is 0 Å². The highest BCUT2D eigenvalue weighted by molar-refractivity contribution is 5.87. The number of carbonyl (C=O) groups excluding carboxylic acids is 1. The highest BCUT2D eigenvalue weighted by Crippen LogP contribution is 2.33. The van der Waals surface area contributed by atoms with Crippen LogP contribution in [-0.2, 0) is 11.2 Å². The molecule has 1 saturated heterocycles. The zero-order chi connectivity index (χ0) is 14.6. The van der Waals surface area contributed by atoms with E-state index < -0.39 is 0 Å². The van der Waals surface area contributed by atoms with Crippen LogP contribution in [0.15, 0.2) is 18.2 Å². The molecule has 1 aliphatic heterocycles. The molecule has 20 heavy (non-hydrogen) atoms. The van der Waals surface area contributed by atoms with Gasteiger partial charge in [-0.05, 0) is 38.8 Å². The van der Waals surface area contributed by atoms with Crippen molar-refractivity contribution in [3.8, 4) is 5.75 Å². The van der Waals surface area contributed by atoms with Crippen LogP contribution in [0.3, 0.4) is 0 Å². The Balaban J connectivity index is 2.20. The zero-order valence-corrected chi connectivity index (χ0v) is 12.8. The van der Waals surface area contributed by atoms with Crippen LogP contribution in [0.5, 0.6) is 5.75 Å². The van der Waals surface area contributed by atoms with Crippen molar-refractivity contribution >= 4 is 5.78 Å². The third-order valence-electron chi connectivity index (χ3n) is 4.53. The summed E-state index contributed by atoms with van der Waals surface area (Å²) in [5, 5.41) is 3.38. The summed E-state index contributed by atoms with van der Waals surface area (Å²) in [5.41, 5.74) is 1.99. The summed E-state index contributed by atoms with van der Waals surface area (Å²) in [5.74, 6) is 1.16. The van der Waals surface area contributed by atoms with Gasteiger partial charge in [-0.2, -0.15) is 0 Å². The lowest BCUT2D eigenvalue weighted by atomic mass is 9.73. The number of rotatable bonds is 5. The first-order valence-corrected chi connectivity index (χ1v) is 7.49. The van der Waals surface area contributed by atoms with Crippen molar-refractivity contribution < 1.29 is 9.53 Å². The second kappa shape index (κ2) is 6.40. The molecule has 1 N–H and O–H groups in total. The molecule has 1 unspecified atom stereocenters. The summed E-state index contributed by atoms with van der Waals surface area (Å²) < 4.78 is 5.39. The summed E-state index contributed by atoms with van der Waals surface area (Å²) in [6.07, 6.45) is 3.47. The number of benzene rings is 1. The van der Waals surface area contributed by atoms with Gasteiger partial charge in [-0.3, -0.25) is 4.79 Å². The molecule has 0 aliphatic carbocycles. The second-order valence-corrected chi connectivity index (χ2v) is 5.83. The first-order valence-electron chi connectivity index (χ1n) is 7.49. The summed E-state index contributed by atoms with van der Waals surface area (Å²) in [4.78, 5) is 12.8. The van der Waals surface area contributed by atoms with Gasteiger partial charge in [0, 0.05) is 23.9 Å². The van der Waals surface area contributed by atoms with Gasteiger partial charge in [0.1, 0.15) is 11.5 Å². The molecule has 3 nitrogen and oxygen atoms in total. The minimum atomic E-state index is -0.187. The van der Waals surface area contributed by atoms with Gasteiger partial charge in [0.05, 0.1) is 7.11 Å². The van der Waals surface area contributed by atoms with Crippen molar-refractivity contribution in [3.63, 3.8) is 0 Å². The van der Waals surface area contributed by atoms with Gasteiger partial charge in [0.15, 0.2) is 0 Å². The molecule has 0 aromatic heterocycles. The lowest BCUT2D eigenvalue weighted by Crippen LogP contribution is -2.45. The van der Waals surface area contributed by atoms with Gasteiger partial charge in [0.2, 0.25) is 0 Å². The zero-order valence-electron chi connectivity index (χ0n) is 12.8. The molecular formula is C17H25NO2. The number of hydrogen-bond acceptors (Lipinski definition) is 3. The van der Waals surface area contributed by atoms with E-state index in [4.69, 9.17) is 4.74 Å². The SMILES string of the molecule is CCC1(C(=O)Cc2cc(C)ccc2OC)CCCNC1. The van der Waals surface area contributed by atoms with Crippen LogP contribution < -0.4 is 10.1 Å². The van der Waals surface area contributed by atoms with E-state index in [2.05, 4.69) is 18.3 Å². The molecule has 1 fully saturated rings. The molecule has 2 rings (SSSR count). The lowest BCUT2D eigenvalue weighted by molar-refractivity contribution is -0.129. The number of carbonyl (C=O) groups is 1. The Morgan fingerprint density at radius 2 is 2.25 bits per heavy atom. The molecular weight excluding hydrogens is 250 g/mol. The van der Waals surface area contributed by atoms with E-state index >= 15 is 0 Å². The standard InChI is InChI=1S/C17H25NO2/c1-4-17(8-5-9-18-12-17)16(19)11-14-10-13(2)6-7-15(14)20-3/h6-7,10,18H,4-5,8-9,11-12H2,1-3H3. The van der Waals surface area contributed by atoms with Crippen LogP contribution in [0.25, 0.3) is 0 Å². The van der Waals surface area contributed by atoms with Crippen LogP contribution in [0, 0.1) is 12.3 Å². The minimum absolute atomic E-state index is 0.187. The third kappa shape index (κ3) is 3.04. The van der Waals surface area contributed by atoms with Crippen molar-refractivity contribution in [2.75, 3.05) is 20.2 Å². The molecule has 0 amide bonds. The van der Waals surface area contributed by atoms with Gasteiger partial charge in [-0.1, -0.05) is 24.6 Å². The fraction of sp³-hybridized carbons (Fsp3) is 0.588. The Hall–Kier alpha value is -1.35. The molecule has 0 radical (unpaired) electrons. The van der Waals surface area contributed by atoms with Crippen LogP contribution in [-0.4, -0.2) is 26.0 Å². The van der Waals surface area contributed by atoms with Gasteiger partial charge >= 0.3 is 0 Å². The molecule has 1 aromatic carbocycles. The van der Waals surface area contributed by atoms with Crippen molar-refractivity contribution in [1.82, 2.24) is 5.32 Å². The summed E-state index contributed by atoms with van der Waals surface area (Å²) >= 11 is 0. The number of nitrogens with one attached hydrogen (secondary N) is 1. The largest absolute Gasteiger partial charge is 0.496 e. The average molecular weight is 275 g/mol. The maximum Gasteiger partial charge on any atom is 0.144 e. The molecule has 1 aliphatic rings. The topological polar surface area (TPSA) is 38.3 Å². The number of methoxy groups -OCH3 is 1. The Morgan fingerprint density at radius 3 is 2.85 bits per heavy atom. The smallest absolute Gasteiger partial charge is 0.144 e. The Kier molecular flexibility index (Phi) is 4.81. The van der Waals surface area contributed by atoms with Crippen molar-refractivity contribution in [2.24, 2.45) is 5.41 Å². The van der Waals surface area contributed by atoms with E-state index in [0.717, 1.165) is 43.7 Å². The van der Waals surface area contributed by atoms with Crippen LogP contribution in [0.2, 0.25) is 0 Å². The fourth-order valence-electron chi connectivity index (χ4n) is 3.11. The second-order valence-electron chi connectivity index (χ2n) is 5.83. The number of hydrogen-bond donors (Lipinski definition) is 1. The number of aryl methyl sites for hydroxylation is 1. The molecule has 0 saturated carbocycles. The maximum absolute atomic E-state index is 12.8. The Labute approximate surface area is 121 Å². The average Bonchev–Trinajstić information content (AvgIpc) is 2.48. The first-order chi connectivity index (χ1) is 9.61. The maximum atomic E-state index is 12.8. The van der Waals surface area contributed by atoms with Crippen molar-refractivity contribution in [3.05, 3.63) is 29.3 Å². The molecule has 1 aromatic rings. The fourth-order valence-corrected chi connectivity index (χ4v) is 3.11. The van der Waals surface area contributed by atoms with E-state index in [1.54, 1.807) is 7.11 Å². The molecule has 1 heterocycles. The van der Waals surface area contributed by atoms with Crippen molar-refractivity contribution in [2.45, 2.75) is 39.5 Å². The number of Topliss-reactive ketones (excluding diaryl/α,β-unsaturated/α-hetero) is 1. The van der Waals surface area contributed by atoms with Crippen LogP contribution >= 0.6 is 0 Å². The van der Waals surface area contributed by atoms with Gasteiger partial charge < -0.3 is 10.1 Å². The molecule has 1 atom stereocenters. The molecule has 0 bridgehead atoms. The van der Waals surface area contributed by atoms with E-state index in [1.165, 1.54) is 5.56 Å². The number of ketones is 1. The van der Waals surface area contributed by atoms with E-state index in [0.29, 0.717) is 12.2 Å². The van der Waals surface area contributed by atoms with Gasteiger partial charge in [0.25, 0.3) is 0 Å². The number of piperidine rings is 1. The quantitative estimate of drug-likeness (QED) is 0.898. The van der Waals surface area contributed by atoms with Gasteiger partial charge in [-0.15, -0.1) is 0 Å². The summed E-state index contributed by atoms with van der Waals surface area (Å²) in [6, 6.07) is 6.04. The predicted molar refractivity (Wildman–Crippen MR) is 81.3 cm³/mol. The van der Waals surface area contributed by atoms with Crippen LogP contribution in [0.4, 0.5) is 0 Å². The Bertz CT molecular complexity index is 476. The highest BCUT2D eigenvalue weighted by atomic mass is 16.5. The molecule has 3 heteroatoms. The lowest BCUT2D eigenvalue weighted by Gasteiger charge is -2.35. The summed E-state index contributed by atoms with van der Waals surface area (Å²) in [6.45, 7) is 6.02. The third-order valence-corrected chi connectivity index (χ3v) is 4.53. The molecule has 110 valence electrons. The Morgan fingerprint density at radius 1 is 1.45 bits per heavy atom. The predicted octanol–water partition coefficient (Wildman–Crippen LogP) is 2.90. The van der Waals surface area contributed by atoms with E-state index in [-0.39, 0.29) is 5.41 Å².